The van der Waals surface area contributed by atoms with Crippen LogP contribution in [0.25, 0.3) is 10.9 Å². The van der Waals surface area contributed by atoms with Crippen molar-refractivity contribution < 1.29 is 9.59 Å². The predicted molar refractivity (Wildman–Crippen MR) is 110 cm³/mol. The van der Waals surface area contributed by atoms with Gasteiger partial charge in [0.1, 0.15) is 5.69 Å². The minimum absolute atomic E-state index is 0.0165. The van der Waals surface area contributed by atoms with Gasteiger partial charge in [-0.25, -0.2) is 4.98 Å². The Kier molecular flexibility index (Phi) is 5.99. The molecular formula is C20H22N4O3S. The van der Waals surface area contributed by atoms with E-state index in [0.29, 0.717) is 21.8 Å². The number of carbonyl (C=O) groups excluding carboxylic acids is 2. The molecule has 146 valence electrons. The normalized spacial score (nSPS) is 12.1. The summed E-state index contributed by atoms with van der Waals surface area (Å²) < 4.78 is 3.26. The maximum Gasteiger partial charge on any atom is 0.274 e. The minimum Gasteiger partial charge on any atom is -0.347 e. The lowest BCUT2D eigenvalue weighted by atomic mass is 10.2. The molecule has 1 atom stereocenters. The molecule has 1 N–H and O–H groups in total. The number of rotatable bonds is 6. The summed E-state index contributed by atoms with van der Waals surface area (Å²) in [6.45, 7) is 3.94. The van der Waals surface area contributed by atoms with E-state index in [1.807, 2.05) is 26.0 Å². The molecule has 2 aromatic heterocycles. The van der Waals surface area contributed by atoms with Gasteiger partial charge in [-0.2, -0.15) is 0 Å². The molecule has 0 saturated carbocycles. The fourth-order valence-corrected chi connectivity index (χ4v) is 3.75. The Bertz CT molecular complexity index is 1090. The number of aromatic nitrogens is 3. The molecule has 0 spiro atoms. The van der Waals surface area contributed by atoms with Crippen molar-refractivity contribution in [1.82, 2.24) is 19.4 Å². The zero-order valence-corrected chi connectivity index (χ0v) is 16.8. The van der Waals surface area contributed by atoms with E-state index in [1.165, 1.54) is 0 Å². The van der Waals surface area contributed by atoms with Gasteiger partial charge in [-0.1, -0.05) is 30.8 Å². The molecule has 1 aromatic carbocycles. The Morgan fingerprint density at radius 3 is 2.64 bits per heavy atom. The number of aryl methyl sites for hydroxylation is 1. The van der Waals surface area contributed by atoms with Gasteiger partial charge in [-0.05, 0) is 37.6 Å². The average molecular weight is 398 g/mol. The summed E-state index contributed by atoms with van der Waals surface area (Å²) in [4.78, 5) is 41.9. The van der Waals surface area contributed by atoms with E-state index in [1.54, 1.807) is 46.6 Å². The quantitative estimate of drug-likeness (QED) is 0.510. The van der Waals surface area contributed by atoms with Crippen molar-refractivity contribution in [2.45, 2.75) is 31.5 Å². The number of benzene rings is 1. The Labute approximate surface area is 166 Å². The summed E-state index contributed by atoms with van der Waals surface area (Å²) in [7, 11) is 1.73. The zero-order valence-electron chi connectivity index (χ0n) is 16.0. The van der Waals surface area contributed by atoms with Crippen LogP contribution in [-0.2, 0) is 11.8 Å². The summed E-state index contributed by atoms with van der Waals surface area (Å²) in [5.41, 5.74) is 0.872. The molecule has 0 radical (unpaired) electrons. The number of imide groups is 1. The zero-order chi connectivity index (χ0) is 20.3. The van der Waals surface area contributed by atoms with Crippen LogP contribution in [0.5, 0.6) is 0 Å². The number of para-hydroxylation sites is 1. The summed E-state index contributed by atoms with van der Waals surface area (Å²) in [6.07, 6.45) is 2.49. The molecule has 2 amide bonds. The Morgan fingerprint density at radius 1 is 1.21 bits per heavy atom. The van der Waals surface area contributed by atoms with E-state index in [9.17, 15) is 14.4 Å². The van der Waals surface area contributed by atoms with Crippen molar-refractivity contribution in [1.29, 1.82) is 0 Å². The first kappa shape index (κ1) is 19.9. The highest BCUT2D eigenvalue weighted by Crippen LogP contribution is 2.22. The molecule has 7 nitrogen and oxygen atoms in total. The van der Waals surface area contributed by atoms with Crippen molar-refractivity contribution in [3.8, 4) is 0 Å². The maximum atomic E-state index is 12.9. The third-order valence-corrected chi connectivity index (χ3v) is 5.52. The number of carbonyl (C=O) groups is 2. The number of nitrogens with zero attached hydrogens (tertiary/aromatic N) is 3. The van der Waals surface area contributed by atoms with E-state index in [0.717, 1.165) is 18.2 Å². The SMILES string of the molecule is CC[C@H](C)n1c(SCC(=O)NC(=O)c2cccn2C)nc2ccccc2c1=O. The molecular weight excluding hydrogens is 376 g/mol. The lowest BCUT2D eigenvalue weighted by Crippen LogP contribution is -2.33. The molecule has 0 aliphatic heterocycles. The van der Waals surface area contributed by atoms with Gasteiger partial charge in [0, 0.05) is 19.3 Å². The second-order valence-electron chi connectivity index (χ2n) is 6.51. The molecule has 0 bridgehead atoms. The number of nitrogens with one attached hydrogen (secondary N) is 1. The average Bonchev–Trinajstić information content (AvgIpc) is 3.12. The molecule has 2 heterocycles. The van der Waals surface area contributed by atoms with Gasteiger partial charge in [-0.3, -0.25) is 24.3 Å². The van der Waals surface area contributed by atoms with Crippen LogP contribution in [0.15, 0.2) is 52.5 Å². The van der Waals surface area contributed by atoms with Crippen LogP contribution >= 0.6 is 11.8 Å². The second-order valence-corrected chi connectivity index (χ2v) is 7.46. The number of hydrogen-bond donors (Lipinski definition) is 1. The highest BCUT2D eigenvalue weighted by Gasteiger charge is 2.18. The van der Waals surface area contributed by atoms with E-state index in [2.05, 4.69) is 10.3 Å². The first-order valence-corrected chi connectivity index (χ1v) is 10.0. The van der Waals surface area contributed by atoms with Crippen LogP contribution in [0.4, 0.5) is 0 Å². The maximum absolute atomic E-state index is 12.9. The van der Waals surface area contributed by atoms with Crippen LogP contribution in [-0.4, -0.2) is 31.7 Å². The molecule has 3 rings (SSSR count). The van der Waals surface area contributed by atoms with E-state index >= 15 is 0 Å². The molecule has 0 unspecified atom stereocenters. The van der Waals surface area contributed by atoms with Gasteiger partial charge < -0.3 is 4.57 Å². The van der Waals surface area contributed by atoms with E-state index in [4.69, 9.17) is 0 Å². The molecule has 0 fully saturated rings. The van der Waals surface area contributed by atoms with Crippen LogP contribution < -0.4 is 10.9 Å². The Hall–Kier alpha value is -2.87. The first-order chi connectivity index (χ1) is 13.4. The fraction of sp³-hybridized carbons (Fsp3) is 0.300. The van der Waals surface area contributed by atoms with Crippen LogP contribution in [0.3, 0.4) is 0 Å². The van der Waals surface area contributed by atoms with Crippen LogP contribution in [0.2, 0.25) is 0 Å². The standard InChI is InChI=1S/C20H22N4O3S/c1-4-13(2)24-19(27)14-8-5-6-9-15(14)21-20(24)28-12-17(25)22-18(26)16-10-7-11-23(16)3/h5-11,13H,4,12H2,1-3H3,(H,22,25,26)/t13-/m0/s1. The van der Waals surface area contributed by atoms with Gasteiger partial charge >= 0.3 is 0 Å². The lowest BCUT2D eigenvalue weighted by Gasteiger charge is -2.18. The third kappa shape index (κ3) is 4.01. The summed E-state index contributed by atoms with van der Waals surface area (Å²) in [5.74, 6) is -0.907. The van der Waals surface area contributed by atoms with E-state index < -0.39 is 11.8 Å². The number of amides is 2. The number of fused-ring (bicyclic) bond motifs is 1. The monoisotopic (exact) mass is 398 g/mol. The molecule has 0 saturated heterocycles. The Morgan fingerprint density at radius 2 is 1.96 bits per heavy atom. The number of thioether (sulfide) groups is 1. The first-order valence-electron chi connectivity index (χ1n) is 9.02. The van der Waals surface area contributed by atoms with Gasteiger partial charge in [0.15, 0.2) is 5.16 Å². The topological polar surface area (TPSA) is 86.0 Å². The number of hydrogen-bond acceptors (Lipinski definition) is 5. The van der Waals surface area contributed by atoms with Crippen molar-refractivity contribution in [3.63, 3.8) is 0 Å². The van der Waals surface area contributed by atoms with E-state index in [-0.39, 0.29) is 17.4 Å². The Balaban J connectivity index is 1.81. The van der Waals surface area contributed by atoms with Gasteiger partial charge in [0.2, 0.25) is 5.91 Å². The summed E-state index contributed by atoms with van der Waals surface area (Å²) >= 11 is 1.15. The van der Waals surface area contributed by atoms with Gasteiger partial charge in [0.05, 0.1) is 16.7 Å². The molecule has 0 aliphatic rings. The van der Waals surface area contributed by atoms with Gasteiger partial charge in [0.25, 0.3) is 11.5 Å². The predicted octanol–water partition coefficient (Wildman–Crippen LogP) is 2.75. The highest BCUT2D eigenvalue weighted by atomic mass is 32.2. The fourth-order valence-electron chi connectivity index (χ4n) is 2.85. The summed E-state index contributed by atoms with van der Waals surface area (Å²) in [6, 6.07) is 10.5. The highest BCUT2D eigenvalue weighted by molar-refractivity contribution is 7.99. The van der Waals surface area contributed by atoms with Crippen LogP contribution in [0, 0.1) is 0 Å². The van der Waals surface area contributed by atoms with Crippen molar-refractivity contribution in [3.05, 3.63) is 58.6 Å². The van der Waals surface area contributed by atoms with Crippen molar-refractivity contribution >= 4 is 34.5 Å². The second kappa shape index (κ2) is 8.43. The molecule has 0 aliphatic carbocycles. The minimum atomic E-state index is -0.455. The molecule has 3 aromatic rings. The van der Waals surface area contributed by atoms with Gasteiger partial charge in [-0.15, -0.1) is 0 Å². The smallest absolute Gasteiger partial charge is 0.274 e. The molecule has 28 heavy (non-hydrogen) atoms. The third-order valence-electron chi connectivity index (χ3n) is 4.57. The lowest BCUT2D eigenvalue weighted by molar-refractivity contribution is -0.117. The summed E-state index contributed by atoms with van der Waals surface area (Å²) in [5, 5.41) is 3.40. The molecule has 8 heteroatoms. The largest absolute Gasteiger partial charge is 0.347 e. The van der Waals surface area contributed by atoms with Crippen LogP contribution in [0.1, 0.15) is 36.8 Å². The van der Waals surface area contributed by atoms with Crippen molar-refractivity contribution in [2.75, 3.05) is 5.75 Å². The van der Waals surface area contributed by atoms with Crippen molar-refractivity contribution in [2.24, 2.45) is 7.05 Å².